The highest BCUT2D eigenvalue weighted by Gasteiger charge is 2.31. The van der Waals surface area contributed by atoms with Crippen molar-refractivity contribution in [1.82, 2.24) is 10.2 Å². The molecule has 10 heteroatoms. The van der Waals surface area contributed by atoms with E-state index in [-0.39, 0.29) is 35.8 Å². The van der Waals surface area contributed by atoms with Gasteiger partial charge in [0.15, 0.2) is 0 Å². The quantitative estimate of drug-likeness (QED) is 0.177. The van der Waals surface area contributed by atoms with Crippen LogP contribution in [0.2, 0.25) is 10.0 Å². The van der Waals surface area contributed by atoms with Crippen LogP contribution in [-0.2, 0) is 28.3 Å². The van der Waals surface area contributed by atoms with Gasteiger partial charge in [0.25, 0.3) is 5.69 Å². The van der Waals surface area contributed by atoms with E-state index in [1.807, 2.05) is 44.2 Å². The normalized spacial score (nSPS) is 12.4. The second-order valence-electron chi connectivity index (χ2n) is 9.16. The van der Waals surface area contributed by atoms with Crippen LogP contribution in [0.1, 0.15) is 37.0 Å². The van der Waals surface area contributed by atoms with E-state index in [1.165, 1.54) is 23.9 Å². The highest BCUT2D eigenvalue weighted by Crippen LogP contribution is 2.28. The van der Waals surface area contributed by atoms with Crippen molar-refractivity contribution in [3.63, 3.8) is 0 Å². The molecule has 0 aliphatic carbocycles. The number of carbonyl (C=O) groups is 2. The molecule has 0 radical (unpaired) electrons. The SMILES string of the molecule is CC[C@H](C)NC(=O)[C@H](Cc1ccccc1)N(Cc1c(Cl)cccc1Cl)C(=O)CSCc1ccc([N+](=O)[O-])cc1. The summed E-state index contributed by atoms with van der Waals surface area (Å²) < 4.78 is 0. The minimum Gasteiger partial charge on any atom is -0.352 e. The van der Waals surface area contributed by atoms with Gasteiger partial charge in [0.2, 0.25) is 11.8 Å². The van der Waals surface area contributed by atoms with E-state index in [9.17, 15) is 19.7 Å². The van der Waals surface area contributed by atoms with Crippen LogP contribution in [0.4, 0.5) is 5.69 Å². The third-order valence-electron chi connectivity index (χ3n) is 6.30. The summed E-state index contributed by atoms with van der Waals surface area (Å²) >= 11 is 14.3. The molecular formula is C29H31Cl2N3O4S. The molecule has 2 amide bonds. The molecule has 0 aliphatic rings. The largest absolute Gasteiger partial charge is 0.352 e. The molecule has 0 heterocycles. The van der Waals surface area contributed by atoms with Gasteiger partial charge in [-0.15, -0.1) is 11.8 Å². The monoisotopic (exact) mass is 587 g/mol. The summed E-state index contributed by atoms with van der Waals surface area (Å²) in [5.74, 6) is 0.0941. The summed E-state index contributed by atoms with van der Waals surface area (Å²) in [6, 6.07) is 20.1. The van der Waals surface area contributed by atoms with Gasteiger partial charge in [-0.25, -0.2) is 0 Å². The fraction of sp³-hybridized carbons (Fsp3) is 0.310. The van der Waals surface area contributed by atoms with Crippen molar-refractivity contribution in [3.05, 3.63) is 110 Å². The van der Waals surface area contributed by atoms with Crippen molar-refractivity contribution < 1.29 is 14.5 Å². The number of nitrogens with zero attached hydrogens (tertiary/aromatic N) is 2. The smallest absolute Gasteiger partial charge is 0.269 e. The van der Waals surface area contributed by atoms with E-state index in [0.29, 0.717) is 27.8 Å². The number of nitro groups is 1. The lowest BCUT2D eigenvalue weighted by molar-refractivity contribution is -0.384. The molecule has 7 nitrogen and oxygen atoms in total. The van der Waals surface area contributed by atoms with E-state index < -0.39 is 11.0 Å². The highest BCUT2D eigenvalue weighted by molar-refractivity contribution is 7.99. The van der Waals surface area contributed by atoms with E-state index >= 15 is 0 Å². The predicted octanol–water partition coefficient (Wildman–Crippen LogP) is 6.69. The topological polar surface area (TPSA) is 92.6 Å². The Labute approximate surface area is 243 Å². The number of thioether (sulfide) groups is 1. The van der Waals surface area contributed by atoms with Crippen LogP contribution in [0.15, 0.2) is 72.8 Å². The Bertz CT molecular complexity index is 1260. The van der Waals surface area contributed by atoms with Crippen LogP contribution in [0.3, 0.4) is 0 Å². The molecule has 0 aliphatic heterocycles. The standard InChI is InChI=1S/C29H31Cl2N3O4S/c1-3-20(2)32-29(36)27(16-21-8-5-4-6-9-21)33(17-24-25(30)10-7-11-26(24)31)28(35)19-39-18-22-12-14-23(15-13-22)34(37)38/h4-15,20,27H,3,16-19H2,1-2H3,(H,32,36)/t20-,27-/m0/s1. The molecule has 0 aromatic heterocycles. The van der Waals surface area contributed by atoms with Crippen molar-refractivity contribution in [2.24, 2.45) is 0 Å². The lowest BCUT2D eigenvalue weighted by Gasteiger charge is -2.32. The lowest BCUT2D eigenvalue weighted by Crippen LogP contribution is -2.52. The zero-order chi connectivity index (χ0) is 28.4. The van der Waals surface area contributed by atoms with Crippen LogP contribution in [0.5, 0.6) is 0 Å². The van der Waals surface area contributed by atoms with Crippen LogP contribution in [0.25, 0.3) is 0 Å². The van der Waals surface area contributed by atoms with Crippen LogP contribution in [-0.4, -0.2) is 39.5 Å². The molecule has 206 valence electrons. The predicted molar refractivity (Wildman–Crippen MR) is 158 cm³/mol. The Morgan fingerprint density at radius 2 is 1.62 bits per heavy atom. The van der Waals surface area contributed by atoms with Gasteiger partial charge in [-0.3, -0.25) is 19.7 Å². The lowest BCUT2D eigenvalue weighted by atomic mass is 10.0. The van der Waals surface area contributed by atoms with E-state index in [4.69, 9.17) is 23.2 Å². The van der Waals surface area contributed by atoms with Gasteiger partial charge >= 0.3 is 0 Å². The van der Waals surface area contributed by atoms with Crippen molar-refractivity contribution in [2.45, 2.75) is 51.1 Å². The Hall–Kier alpha value is -3.07. The molecule has 2 atom stereocenters. The maximum atomic E-state index is 13.7. The Balaban J connectivity index is 1.88. The second kappa shape index (κ2) is 14.9. The number of amides is 2. The Morgan fingerprint density at radius 1 is 0.974 bits per heavy atom. The third-order valence-corrected chi connectivity index (χ3v) is 8.00. The number of carbonyl (C=O) groups excluding carboxylic acids is 2. The Kier molecular flexibility index (Phi) is 11.7. The van der Waals surface area contributed by atoms with Crippen molar-refractivity contribution in [1.29, 1.82) is 0 Å². The zero-order valence-corrected chi connectivity index (χ0v) is 24.1. The first kappa shape index (κ1) is 30.5. The van der Waals surface area contributed by atoms with Gasteiger partial charge in [-0.1, -0.05) is 78.7 Å². The molecule has 0 saturated heterocycles. The number of benzene rings is 3. The number of rotatable bonds is 13. The first-order chi connectivity index (χ1) is 18.7. The average molecular weight is 589 g/mol. The molecule has 39 heavy (non-hydrogen) atoms. The molecular weight excluding hydrogens is 557 g/mol. The van der Waals surface area contributed by atoms with Gasteiger partial charge in [0.05, 0.1) is 10.7 Å². The van der Waals surface area contributed by atoms with Gasteiger partial charge in [-0.2, -0.15) is 0 Å². The fourth-order valence-electron chi connectivity index (χ4n) is 3.90. The molecule has 1 N–H and O–H groups in total. The van der Waals surface area contributed by atoms with Gasteiger partial charge in [0.1, 0.15) is 6.04 Å². The minimum atomic E-state index is -0.791. The van der Waals surface area contributed by atoms with E-state index in [1.54, 1.807) is 35.2 Å². The number of non-ortho nitro benzene ring substituents is 1. The summed E-state index contributed by atoms with van der Waals surface area (Å²) in [5, 5.41) is 14.8. The summed E-state index contributed by atoms with van der Waals surface area (Å²) in [4.78, 5) is 39.3. The molecule has 3 aromatic carbocycles. The van der Waals surface area contributed by atoms with E-state index in [2.05, 4.69) is 5.32 Å². The zero-order valence-electron chi connectivity index (χ0n) is 21.8. The molecule has 0 bridgehead atoms. The summed E-state index contributed by atoms with van der Waals surface area (Å²) in [6.45, 7) is 3.98. The summed E-state index contributed by atoms with van der Waals surface area (Å²) in [7, 11) is 0. The van der Waals surface area contributed by atoms with Crippen molar-refractivity contribution >= 4 is 52.5 Å². The van der Waals surface area contributed by atoms with Gasteiger partial charge < -0.3 is 10.2 Å². The van der Waals surface area contributed by atoms with Crippen LogP contribution >= 0.6 is 35.0 Å². The second-order valence-corrected chi connectivity index (χ2v) is 11.0. The number of hydrogen-bond donors (Lipinski definition) is 1. The van der Waals surface area contributed by atoms with Gasteiger partial charge in [0, 0.05) is 52.5 Å². The first-order valence-corrected chi connectivity index (χ1v) is 14.5. The Morgan fingerprint density at radius 3 is 2.21 bits per heavy atom. The highest BCUT2D eigenvalue weighted by atomic mass is 35.5. The summed E-state index contributed by atoms with van der Waals surface area (Å²) in [5.41, 5.74) is 2.36. The molecule has 0 spiro atoms. The molecule has 3 aromatic rings. The van der Waals surface area contributed by atoms with Crippen molar-refractivity contribution in [2.75, 3.05) is 5.75 Å². The maximum Gasteiger partial charge on any atom is 0.269 e. The number of nitrogens with one attached hydrogen (secondary N) is 1. The molecule has 0 saturated carbocycles. The molecule has 3 rings (SSSR count). The molecule has 0 unspecified atom stereocenters. The van der Waals surface area contributed by atoms with Crippen LogP contribution in [0, 0.1) is 10.1 Å². The summed E-state index contributed by atoms with van der Waals surface area (Å²) in [6.07, 6.45) is 1.07. The fourth-order valence-corrected chi connectivity index (χ4v) is 5.29. The minimum absolute atomic E-state index is 0.0127. The van der Waals surface area contributed by atoms with Gasteiger partial charge in [-0.05, 0) is 36.6 Å². The maximum absolute atomic E-state index is 13.7. The number of hydrogen-bond acceptors (Lipinski definition) is 5. The average Bonchev–Trinajstić information content (AvgIpc) is 2.92. The van der Waals surface area contributed by atoms with Crippen LogP contribution < -0.4 is 5.32 Å². The van der Waals surface area contributed by atoms with E-state index in [0.717, 1.165) is 17.5 Å². The first-order valence-electron chi connectivity index (χ1n) is 12.6. The molecule has 0 fully saturated rings. The number of nitro benzene ring substituents is 1. The third kappa shape index (κ3) is 8.98. The number of halogens is 2. The van der Waals surface area contributed by atoms with Crippen molar-refractivity contribution in [3.8, 4) is 0 Å².